The second kappa shape index (κ2) is 2.97. The summed E-state index contributed by atoms with van der Waals surface area (Å²) in [5, 5.41) is 0. The molecule has 0 saturated heterocycles. The summed E-state index contributed by atoms with van der Waals surface area (Å²) in [6.45, 7) is 0. The molecule has 0 radical (unpaired) electrons. The van der Waals surface area contributed by atoms with Crippen molar-refractivity contribution < 1.29 is 9.53 Å². The molecule has 1 aromatic carbocycles. The molecule has 0 bridgehead atoms. The van der Waals surface area contributed by atoms with Gasteiger partial charge in [0.25, 0.3) is 0 Å². The molecule has 0 aliphatic heterocycles. The van der Waals surface area contributed by atoms with Crippen LogP contribution in [0.25, 0.3) is 0 Å². The monoisotopic (exact) mass is 162 g/mol. The zero-order valence-corrected chi connectivity index (χ0v) is 6.69. The average Bonchev–Trinajstić information content (AvgIpc) is 2.04. The van der Waals surface area contributed by atoms with Crippen LogP contribution in [0.5, 0.6) is 5.75 Å². The zero-order chi connectivity index (χ0) is 8.39. The van der Waals surface area contributed by atoms with Gasteiger partial charge in [-0.25, -0.2) is 0 Å². The molecule has 0 amide bonds. The van der Waals surface area contributed by atoms with Crippen molar-refractivity contribution in [2.75, 3.05) is 0 Å². The number of para-hydroxylation sites is 1. The van der Waals surface area contributed by atoms with Gasteiger partial charge in [0.05, 0.1) is 0 Å². The van der Waals surface area contributed by atoms with E-state index in [2.05, 4.69) is 0 Å². The zero-order valence-electron chi connectivity index (χ0n) is 6.69. The van der Waals surface area contributed by atoms with Gasteiger partial charge in [-0.05, 0) is 12.1 Å². The summed E-state index contributed by atoms with van der Waals surface area (Å²) < 4.78 is 5.50. The van der Waals surface area contributed by atoms with Gasteiger partial charge in [-0.2, -0.15) is 0 Å². The summed E-state index contributed by atoms with van der Waals surface area (Å²) >= 11 is 0. The Morgan fingerprint density at radius 2 is 1.83 bits per heavy atom. The molecule has 62 valence electrons. The van der Waals surface area contributed by atoms with E-state index in [-0.39, 0.29) is 6.10 Å². The molecule has 0 N–H and O–H groups in total. The standard InChI is InChI=1S/C10H10O2/c11-8-6-10(7-8)12-9-4-2-1-3-5-9/h1-5,10H,6-7H2. The number of hydrogen-bond acceptors (Lipinski definition) is 2. The fourth-order valence-electron chi connectivity index (χ4n) is 1.22. The van der Waals surface area contributed by atoms with E-state index in [1.54, 1.807) is 0 Å². The predicted octanol–water partition coefficient (Wildman–Crippen LogP) is 1.80. The van der Waals surface area contributed by atoms with Crippen LogP contribution >= 0.6 is 0 Å². The van der Waals surface area contributed by atoms with Gasteiger partial charge >= 0.3 is 0 Å². The highest BCUT2D eigenvalue weighted by atomic mass is 16.5. The van der Waals surface area contributed by atoms with Crippen molar-refractivity contribution in [1.29, 1.82) is 0 Å². The molecular formula is C10H10O2. The number of ether oxygens (including phenoxy) is 1. The molecule has 12 heavy (non-hydrogen) atoms. The SMILES string of the molecule is O=C1CC(Oc2ccccc2)C1. The molecule has 1 fully saturated rings. The van der Waals surface area contributed by atoms with E-state index in [0.717, 1.165) is 5.75 Å². The second-order valence-corrected chi connectivity index (χ2v) is 3.00. The topological polar surface area (TPSA) is 26.3 Å². The van der Waals surface area contributed by atoms with Crippen molar-refractivity contribution in [2.24, 2.45) is 0 Å². The predicted molar refractivity (Wildman–Crippen MR) is 45.1 cm³/mol. The number of hydrogen-bond donors (Lipinski definition) is 0. The third-order valence-electron chi connectivity index (χ3n) is 1.96. The number of carbonyl (C=O) groups is 1. The summed E-state index contributed by atoms with van der Waals surface area (Å²) in [5.41, 5.74) is 0. The number of rotatable bonds is 2. The summed E-state index contributed by atoms with van der Waals surface area (Å²) in [4.78, 5) is 10.6. The quantitative estimate of drug-likeness (QED) is 0.662. The van der Waals surface area contributed by atoms with E-state index in [4.69, 9.17) is 4.74 Å². The van der Waals surface area contributed by atoms with Crippen molar-refractivity contribution in [3.63, 3.8) is 0 Å². The second-order valence-electron chi connectivity index (χ2n) is 3.00. The lowest BCUT2D eigenvalue weighted by Gasteiger charge is -2.24. The Morgan fingerprint density at radius 1 is 1.17 bits per heavy atom. The van der Waals surface area contributed by atoms with E-state index in [0.29, 0.717) is 18.6 Å². The van der Waals surface area contributed by atoms with Gasteiger partial charge in [0.1, 0.15) is 17.6 Å². The van der Waals surface area contributed by atoms with E-state index in [1.165, 1.54) is 0 Å². The fourth-order valence-corrected chi connectivity index (χ4v) is 1.22. The highest BCUT2D eigenvalue weighted by Gasteiger charge is 2.27. The average molecular weight is 162 g/mol. The third kappa shape index (κ3) is 1.47. The molecular weight excluding hydrogens is 152 g/mol. The Morgan fingerprint density at radius 3 is 2.42 bits per heavy atom. The summed E-state index contributed by atoms with van der Waals surface area (Å²) in [7, 11) is 0. The van der Waals surface area contributed by atoms with Crippen LogP contribution in [0.15, 0.2) is 30.3 Å². The molecule has 0 unspecified atom stereocenters. The minimum Gasteiger partial charge on any atom is -0.490 e. The Balaban J connectivity index is 1.92. The lowest BCUT2D eigenvalue weighted by Crippen LogP contribution is -2.33. The first-order valence-electron chi connectivity index (χ1n) is 4.08. The van der Waals surface area contributed by atoms with Gasteiger partial charge in [-0.15, -0.1) is 0 Å². The molecule has 0 atom stereocenters. The maximum Gasteiger partial charge on any atom is 0.140 e. The van der Waals surface area contributed by atoms with Gasteiger partial charge in [0.15, 0.2) is 0 Å². The van der Waals surface area contributed by atoms with Crippen LogP contribution in [0.1, 0.15) is 12.8 Å². The van der Waals surface area contributed by atoms with Crippen LogP contribution in [0.4, 0.5) is 0 Å². The molecule has 1 aliphatic rings. The largest absolute Gasteiger partial charge is 0.490 e. The maximum absolute atomic E-state index is 10.6. The summed E-state index contributed by atoms with van der Waals surface area (Å²) in [5.74, 6) is 1.16. The lowest BCUT2D eigenvalue weighted by atomic mass is 9.94. The smallest absolute Gasteiger partial charge is 0.140 e. The molecule has 2 rings (SSSR count). The fraction of sp³-hybridized carbons (Fsp3) is 0.300. The number of benzene rings is 1. The van der Waals surface area contributed by atoms with Crippen LogP contribution in [-0.2, 0) is 4.79 Å². The normalized spacial score (nSPS) is 17.2. The molecule has 2 nitrogen and oxygen atoms in total. The molecule has 1 aliphatic carbocycles. The molecule has 0 aromatic heterocycles. The number of Topliss-reactive ketones (excluding diaryl/α,β-unsaturated/α-hetero) is 1. The van der Waals surface area contributed by atoms with Crippen molar-refractivity contribution in [1.82, 2.24) is 0 Å². The number of ketones is 1. The number of carbonyl (C=O) groups excluding carboxylic acids is 1. The highest BCUT2D eigenvalue weighted by Crippen LogP contribution is 2.21. The lowest BCUT2D eigenvalue weighted by molar-refractivity contribution is -0.129. The highest BCUT2D eigenvalue weighted by molar-refractivity contribution is 5.85. The maximum atomic E-state index is 10.6. The van der Waals surface area contributed by atoms with Crippen LogP contribution in [0.2, 0.25) is 0 Å². The van der Waals surface area contributed by atoms with E-state index in [9.17, 15) is 4.79 Å². The van der Waals surface area contributed by atoms with Gasteiger partial charge in [0.2, 0.25) is 0 Å². The minimum atomic E-state index is 0.125. The molecule has 0 spiro atoms. The van der Waals surface area contributed by atoms with Crippen molar-refractivity contribution >= 4 is 5.78 Å². The first-order chi connectivity index (χ1) is 5.84. The Kier molecular flexibility index (Phi) is 1.82. The molecule has 2 heteroatoms. The first-order valence-corrected chi connectivity index (χ1v) is 4.08. The van der Waals surface area contributed by atoms with Crippen LogP contribution in [0.3, 0.4) is 0 Å². The third-order valence-corrected chi connectivity index (χ3v) is 1.96. The van der Waals surface area contributed by atoms with Crippen molar-refractivity contribution in [3.05, 3.63) is 30.3 Å². The van der Waals surface area contributed by atoms with Crippen molar-refractivity contribution in [2.45, 2.75) is 18.9 Å². The first kappa shape index (κ1) is 7.35. The van der Waals surface area contributed by atoms with E-state index < -0.39 is 0 Å². The van der Waals surface area contributed by atoms with Gasteiger partial charge in [-0.3, -0.25) is 4.79 Å². The van der Waals surface area contributed by atoms with Gasteiger partial charge < -0.3 is 4.74 Å². The summed E-state index contributed by atoms with van der Waals surface area (Å²) in [6.07, 6.45) is 1.28. The molecule has 1 aromatic rings. The Hall–Kier alpha value is -1.31. The van der Waals surface area contributed by atoms with Crippen molar-refractivity contribution in [3.8, 4) is 5.75 Å². The molecule has 0 heterocycles. The molecule has 1 saturated carbocycles. The Bertz CT molecular complexity index is 271. The van der Waals surface area contributed by atoms with Crippen LogP contribution < -0.4 is 4.74 Å². The van der Waals surface area contributed by atoms with Gasteiger partial charge in [0, 0.05) is 12.8 Å². The Labute approximate surface area is 71.2 Å². The van der Waals surface area contributed by atoms with Gasteiger partial charge in [-0.1, -0.05) is 18.2 Å². The van der Waals surface area contributed by atoms with Crippen LogP contribution in [-0.4, -0.2) is 11.9 Å². The van der Waals surface area contributed by atoms with E-state index in [1.807, 2.05) is 30.3 Å². The van der Waals surface area contributed by atoms with E-state index >= 15 is 0 Å². The summed E-state index contributed by atoms with van der Waals surface area (Å²) in [6, 6.07) is 9.61. The minimum absolute atomic E-state index is 0.125. The van der Waals surface area contributed by atoms with Crippen LogP contribution in [0, 0.1) is 0 Å².